The topological polar surface area (TPSA) is 90.7 Å². The van der Waals surface area contributed by atoms with Crippen LogP contribution >= 0.6 is 0 Å². The monoisotopic (exact) mass is 304 g/mol. The molecule has 2 aromatic rings. The quantitative estimate of drug-likeness (QED) is 0.849. The third-order valence-electron chi connectivity index (χ3n) is 2.83. The van der Waals surface area contributed by atoms with Gasteiger partial charge >= 0.3 is 11.9 Å². The number of aromatic hydroxyl groups is 1. The van der Waals surface area contributed by atoms with Crippen molar-refractivity contribution in [2.45, 2.75) is 13.8 Å². The van der Waals surface area contributed by atoms with Crippen LogP contribution in [0.4, 0.5) is 0 Å². The lowest BCUT2D eigenvalue weighted by molar-refractivity contribution is 0.0480. The lowest BCUT2D eigenvalue weighted by Gasteiger charge is -2.03. The van der Waals surface area contributed by atoms with Gasteiger partial charge in [-0.3, -0.25) is 0 Å². The molecule has 0 fully saturated rings. The normalized spacial score (nSPS) is 10.3. The molecule has 0 radical (unpaired) electrons. The number of ether oxygens (including phenoxy) is 2. The molecule has 0 amide bonds. The highest BCUT2D eigenvalue weighted by atomic mass is 16.5. The van der Waals surface area contributed by atoms with Crippen molar-refractivity contribution in [3.8, 4) is 11.6 Å². The molecule has 1 N–H and O–H groups in total. The van der Waals surface area contributed by atoms with E-state index in [0.29, 0.717) is 0 Å². The first-order chi connectivity index (χ1) is 10.6. The van der Waals surface area contributed by atoms with Gasteiger partial charge in [-0.1, -0.05) is 0 Å². The van der Waals surface area contributed by atoms with Gasteiger partial charge in [0.25, 0.3) is 0 Å². The number of rotatable bonds is 5. The maximum absolute atomic E-state index is 12.0. The van der Waals surface area contributed by atoms with Crippen LogP contribution in [0.1, 0.15) is 34.6 Å². The Hall–Kier alpha value is -2.83. The average molecular weight is 304 g/mol. The fourth-order valence-corrected chi connectivity index (χ4v) is 1.91. The lowest BCUT2D eigenvalue weighted by Crippen LogP contribution is -2.11. The molecule has 2 aromatic heterocycles. The number of aromatic nitrogens is 2. The predicted octanol–water partition coefficient (Wildman–Crippen LogP) is 1.93. The highest BCUT2D eigenvalue weighted by molar-refractivity contribution is 6.03. The number of nitrogens with zero attached hydrogens (tertiary/aromatic N) is 2. The van der Waals surface area contributed by atoms with Crippen LogP contribution in [0.25, 0.3) is 5.82 Å². The molecule has 2 heterocycles. The third-order valence-corrected chi connectivity index (χ3v) is 2.83. The highest BCUT2D eigenvalue weighted by Gasteiger charge is 2.23. The molecule has 0 unspecified atom stereocenters. The number of carbonyl (C=O) groups is 2. The fraction of sp³-hybridized carbons (Fsp3) is 0.267. The molecule has 0 atom stereocenters. The fourth-order valence-electron chi connectivity index (χ4n) is 1.91. The largest absolute Gasteiger partial charge is 0.504 e. The number of esters is 2. The van der Waals surface area contributed by atoms with Gasteiger partial charge in [-0.05, 0) is 26.0 Å². The maximum Gasteiger partial charge on any atom is 0.340 e. The zero-order valence-corrected chi connectivity index (χ0v) is 12.3. The van der Waals surface area contributed by atoms with E-state index in [4.69, 9.17) is 9.47 Å². The predicted molar refractivity (Wildman–Crippen MR) is 77.1 cm³/mol. The minimum Gasteiger partial charge on any atom is -0.504 e. The summed E-state index contributed by atoms with van der Waals surface area (Å²) in [5.74, 6) is -1.16. The van der Waals surface area contributed by atoms with Crippen LogP contribution in [-0.2, 0) is 9.47 Å². The van der Waals surface area contributed by atoms with E-state index < -0.39 is 11.9 Å². The standard InChI is InChI=1S/C15H16N2O5/c1-3-21-14(19)10-8-17(9-11(10)15(20)22-4-2)13-12(18)6-5-7-16-13/h5-9,18H,3-4H2,1-2H3. The Morgan fingerprint density at radius 1 is 1.14 bits per heavy atom. The van der Waals surface area contributed by atoms with Gasteiger partial charge in [0, 0.05) is 18.6 Å². The minimum absolute atomic E-state index is 0.0605. The van der Waals surface area contributed by atoms with Gasteiger partial charge in [0.15, 0.2) is 11.6 Å². The molecule has 0 aliphatic rings. The van der Waals surface area contributed by atoms with Crippen molar-refractivity contribution in [2.24, 2.45) is 0 Å². The summed E-state index contributed by atoms with van der Waals surface area (Å²) < 4.78 is 11.2. The summed E-state index contributed by atoms with van der Waals surface area (Å²) in [6.07, 6.45) is 4.25. The van der Waals surface area contributed by atoms with Crippen LogP contribution in [0.5, 0.6) is 5.75 Å². The average Bonchev–Trinajstić information content (AvgIpc) is 2.93. The molecular weight excluding hydrogens is 288 g/mol. The Balaban J connectivity index is 2.50. The van der Waals surface area contributed by atoms with Crippen LogP contribution in [0.15, 0.2) is 30.7 Å². The zero-order valence-electron chi connectivity index (χ0n) is 12.3. The van der Waals surface area contributed by atoms with Crippen molar-refractivity contribution in [2.75, 3.05) is 13.2 Å². The molecule has 0 spiro atoms. The van der Waals surface area contributed by atoms with E-state index in [2.05, 4.69) is 4.98 Å². The summed E-state index contributed by atoms with van der Waals surface area (Å²) in [5, 5.41) is 9.83. The molecule has 116 valence electrons. The van der Waals surface area contributed by atoms with Gasteiger partial charge < -0.3 is 19.1 Å². The van der Waals surface area contributed by atoms with Gasteiger partial charge in [-0.2, -0.15) is 0 Å². The molecule has 0 aromatic carbocycles. The van der Waals surface area contributed by atoms with Gasteiger partial charge in [0.05, 0.1) is 24.3 Å². The van der Waals surface area contributed by atoms with E-state index in [1.54, 1.807) is 19.9 Å². The van der Waals surface area contributed by atoms with Crippen LogP contribution in [0.2, 0.25) is 0 Å². The SMILES string of the molecule is CCOC(=O)c1cn(-c2ncccc2O)cc1C(=O)OCC. The number of carbonyl (C=O) groups excluding carboxylic acids is 2. The van der Waals surface area contributed by atoms with Gasteiger partial charge in [-0.25, -0.2) is 14.6 Å². The van der Waals surface area contributed by atoms with Crippen molar-refractivity contribution in [3.05, 3.63) is 41.9 Å². The second kappa shape index (κ2) is 6.75. The van der Waals surface area contributed by atoms with Gasteiger partial charge in [0.1, 0.15) is 0 Å². The third kappa shape index (κ3) is 3.08. The highest BCUT2D eigenvalue weighted by Crippen LogP contribution is 2.22. The first kappa shape index (κ1) is 15.6. The van der Waals surface area contributed by atoms with Crippen LogP contribution in [0.3, 0.4) is 0 Å². The molecule has 0 aliphatic carbocycles. The summed E-state index contributed by atoms with van der Waals surface area (Å²) in [6.45, 7) is 3.70. The summed E-state index contributed by atoms with van der Waals surface area (Å²) in [5.41, 5.74) is 0.121. The zero-order chi connectivity index (χ0) is 16.1. The summed E-state index contributed by atoms with van der Waals surface area (Å²) >= 11 is 0. The van der Waals surface area contributed by atoms with Crippen molar-refractivity contribution in [1.29, 1.82) is 0 Å². The van der Waals surface area contributed by atoms with Crippen LogP contribution in [0, 0.1) is 0 Å². The minimum atomic E-state index is -0.639. The van der Waals surface area contributed by atoms with Crippen molar-refractivity contribution in [3.63, 3.8) is 0 Å². The van der Waals surface area contributed by atoms with Crippen LogP contribution in [-0.4, -0.2) is 39.8 Å². The summed E-state index contributed by atoms with van der Waals surface area (Å²) in [7, 11) is 0. The Bertz CT molecular complexity index is 657. The molecular formula is C15H16N2O5. The van der Waals surface area contributed by atoms with E-state index in [1.165, 1.54) is 29.2 Å². The first-order valence-electron chi connectivity index (χ1n) is 6.79. The Morgan fingerprint density at radius 2 is 1.68 bits per heavy atom. The maximum atomic E-state index is 12.0. The first-order valence-corrected chi connectivity index (χ1v) is 6.79. The molecule has 7 heteroatoms. The smallest absolute Gasteiger partial charge is 0.340 e. The Kier molecular flexibility index (Phi) is 4.77. The molecule has 0 aliphatic heterocycles. The number of pyridine rings is 1. The number of hydrogen-bond acceptors (Lipinski definition) is 6. The second-order valence-electron chi connectivity index (χ2n) is 4.28. The molecule has 22 heavy (non-hydrogen) atoms. The van der Waals surface area contributed by atoms with E-state index >= 15 is 0 Å². The van der Waals surface area contributed by atoms with Gasteiger partial charge in [-0.15, -0.1) is 0 Å². The number of hydrogen-bond donors (Lipinski definition) is 1. The molecule has 0 bridgehead atoms. The van der Waals surface area contributed by atoms with E-state index in [9.17, 15) is 14.7 Å². The lowest BCUT2D eigenvalue weighted by atomic mass is 10.2. The molecule has 2 rings (SSSR count). The molecule has 0 saturated carbocycles. The van der Waals surface area contributed by atoms with Crippen molar-refractivity contribution in [1.82, 2.24) is 9.55 Å². The molecule has 0 saturated heterocycles. The van der Waals surface area contributed by atoms with Crippen molar-refractivity contribution < 1.29 is 24.2 Å². The summed E-state index contributed by atoms with van der Waals surface area (Å²) in [6, 6.07) is 3.03. The second-order valence-corrected chi connectivity index (χ2v) is 4.28. The molecule has 7 nitrogen and oxygen atoms in total. The Morgan fingerprint density at radius 3 is 2.14 bits per heavy atom. The van der Waals surface area contributed by atoms with E-state index in [1.807, 2.05) is 0 Å². The van der Waals surface area contributed by atoms with Crippen molar-refractivity contribution >= 4 is 11.9 Å². The summed E-state index contributed by atoms with van der Waals surface area (Å²) in [4.78, 5) is 28.0. The Labute approximate surface area is 127 Å². The van der Waals surface area contributed by atoms with Gasteiger partial charge in [0.2, 0.25) is 0 Å². The van der Waals surface area contributed by atoms with E-state index in [0.717, 1.165) is 0 Å². The van der Waals surface area contributed by atoms with Crippen LogP contribution < -0.4 is 0 Å². The van der Waals surface area contributed by atoms with E-state index in [-0.39, 0.29) is 35.9 Å².